The molecule has 0 unspecified atom stereocenters. The maximum Gasteiger partial charge on any atom is 0.332 e. The predicted octanol–water partition coefficient (Wildman–Crippen LogP) is 1.24. The maximum atomic E-state index is 12.7. The van der Waals surface area contributed by atoms with E-state index in [9.17, 15) is 19.2 Å². The van der Waals surface area contributed by atoms with E-state index in [0.29, 0.717) is 22.3 Å². The first-order valence-electron chi connectivity index (χ1n) is 9.42. The molecule has 12 heteroatoms. The summed E-state index contributed by atoms with van der Waals surface area (Å²) in [6, 6.07) is 6.34. The van der Waals surface area contributed by atoms with Crippen molar-refractivity contribution in [2.75, 3.05) is 5.32 Å². The number of aryl methyl sites for hydroxylation is 1. The third kappa shape index (κ3) is 3.95. The number of carbonyl (C=O) groups is 2. The Balaban J connectivity index is 1.55. The number of hydrogen-bond acceptors (Lipinski definition) is 8. The van der Waals surface area contributed by atoms with Gasteiger partial charge in [0.15, 0.2) is 10.9 Å². The number of hydrogen-bond donors (Lipinski definition) is 2. The van der Waals surface area contributed by atoms with Crippen molar-refractivity contribution in [3.63, 3.8) is 0 Å². The van der Waals surface area contributed by atoms with Crippen molar-refractivity contribution >= 4 is 39.3 Å². The molecule has 2 amide bonds. The molecule has 0 aliphatic heterocycles. The second-order valence-electron chi connectivity index (χ2n) is 6.94. The first-order chi connectivity index (χ1) is 15.2. The first kappa shape index (κ1) is 21.2. The van der Waals surface area contributed by atoms with Gasteiger partial charge in [-0.25, -0.2) is 14.8 Å². The zero-order chi connectivity index (χ0) is 23.0. The van der Waals surface area contributed by atoms with Crippen molar-refractivity contribution in [1.29, 1.82) is 0 Å². The van der Waals surface area contributed by atoms with Gasteiger partial charge in [-0.2, -0.15) is 0 Å². The molecule has 0 radical (unpaired) electrons. The number of thiazole rings is 1. The molecule has 0 bridgehead atoms. The fourth-order valence-corrected chi connectivity index (χ4v) is 3.70. The maximum absolute atomic E-state index is 12.7. The largest absolute Gasteiger partial charge is 0.458 e. The van der Waals surface area contributed by atoms with E-state index in [1.54, 1.807) is 17.5 Å². The summed E-state index contributed by atoms with van der Waals surface area (Å²) in [5.41, 5.74) is -0.338. The summed E-state index contributed by atoms with van der Waals surface area (Å²) in [5, 5.41) is 7.58. The molecular formula is C20H18N6O5S. The van der Waals surface area contributed by atoms with Crippen LogP contribution in [0.15, 0.2) is 43.7 Å². The van der Waals surface area contributed by atoms with Crippen LogP contribution in [-0.2, 0) is 25.4 Å². The third-order valence-corrected chi connectivity index (χ3v) is 5.44. The fourth-order valence-electron chi connectivity index (χ4n) is 3.01. The average Bonchev–Trinajstić information content (AvgIpc) is 3.43. The molecule has 4 aromatic rings. The van der Waals surface area contributed by atoms with Crippen LogP contribution in [-0.4, -0.2) is 30.9 Å². The highest BCUT2D eigenvalue weighted by Crippen LogP contribution is 2.27. The molecule has 0 saturated heterocycles. The lowest BCUT2D eigenvalue weighted by Gasteiger charge is -2.08. The summed E-state index contributed by atoms with van der Waals surface area (Å²) < 4.78 is 7.85. The normalized spacial score (nSPS) is 11.0. The summed E-state index contributed by atoms with van der Waals surface area (Å²) in [4.78, 5) is 56.6. The van der Waals surface area contributed by atoms with Gasteiger partial charge in [0.05, 0.1) is 11.9 Å². The van der Waals surface area contributed by atoms with E-state index in [4.69, 9.17) is 4.42 Å². The number of amides is 2. The van der Waals surface area contributed by atoms with Gasteiger partial charge in [0.25, 0.3) is 11.5 Å². The Morgan fingerprint density at radius 3 is 2.62 bits per heavy atom. The number of nitrogens with zero attached hydrogens (tertiary/aromatic N) is 4. The summed E-state index contributed by atoms with van der Waals surface area (Å²) in [6.45, 7) is 1.69. The summed E-state index contributed by atoms with van der Waals surface area (Å²) >= 11 is 1.20. The van der Waals surface area contributed by atoms with Crippen molar-refractivity contribution in [2.45, 2.75) is 13.5 Å². The van der Waals surface area contributed by atoms with Crippen LogP contribution in [0.25, 0.3) is 22.5 Å². The highest BCUT2D eigenvalue weighted by atomic mass is 32.1. The molecule has 2 N–H and O–H groups in total. The Bertz CT molecular complexity index is 1480. The van der Waals surface area contributed by atoms with Gasteiger partial charge in [-0.05, 0) is 24.3 Å². The van der Waals surface area contributed by atoms with Gasteiger partial charge in [0.1, 0.15) is 22.8 Å². The SMILES string of the molecule is CC(=O)NCc1ccc(-c2csc(NC(=O)c3ccc4c(=O)n(C)c(=O)n(C)c4n3)n2)o1. The first-order valence-corrected chi connectivity index (χ1v) is 10.3. The van der Waals surface area contributed by atoms with Gasteiger partial charge in [-0.15, -0.1) is 11.3 Å². The van der Waals surface area contributed by atoms with Crippen molar-refractivity contribution in [2.24, 2.45) is 14.1 Å². The van der Waals surface area contributed by atoms with Gasteiger partial charge in [0, 0.05) is 26.4 Å². The predicted molar refractivity (Wildman–Crippen MR) is 118 cm³/mol. The van der Waals surface area contributed by atoms with Gasteiger partial charge in [-0.1, -0.05) is 0 Å². The van der Waals surface area contributed by atoms with E-state index >= 15 is 0 Å². The molecule has 4 rings (SSSR count). The second kappa shape index (κ2) is 8.23. The highest BCUT2D eigenvalue weighted by molar-refractivity contribution is 7.14. The van der Waals surface area contributed by atoms with Gasteiger partial charge in [-0.3, -0.25) is 28.8 Å². The van der Waals surface area contributed by atoms with E-state index in [-0.39, 0.29) is 29.2 Å². The molecule has 4 aromatic heterocycles. The van der Waals surface area contributed by atoms with Crippen molar-refractivity contribution in [3.05, 3.63) is 61.9 Å². The Kier molecular flexibility index (Phi) is 5.45. The lowest BCUT2D eigenvalue weighted by Crippen LogP contribution is -2.37. The second-order valence-corrected chi connectivity index (χ2v) is 7.80. The van der Waals surface area contributed by atoms with Crippen LogP contribution in [0.4, 0.5) is 5.13 Å². The van der Waals surface area contributed by atoms with E-state index in [1.807, 2.05) is 0 Å². The standard InChI is InChI=1S/C20H18N6O5S/c1-10(27)21-8-11-4-7-15(31-11)14-9-32-19(23-14)24-17(28)13-6-5-12-16(22-13)25(2)20(30)26(3)18(12)29/h4-7,9H,8H2,1-3H3,(H,21,27)(H,23,24,28). The fraction of sp³-hybridized carbons (Fsp3) is 0.200. The summed E-state index contributed by atoms with van der Waals surface area (Å²) in [6.07, 6.45) is 0. The molecule has 0 aliphatic rings. The van der Waals surface area contributed by atoms with Crippen LogP contribution in [0.5, 0.6) is 0 Å². The van der Waals surface area contributed by atoms with E-state index in [2.05, 4.69) is 20.6 Å². The number of carbonyl (C=O) groups excluding carboxylic acids is 2. The number of rotatable bonds is 5. The molecule has 0 aromatic carbocycles. The molecule has 0 aliphatic carbocycles. The van der Waals surface area contributed by atoms with Crippen molar-refractivity contribution in [3.8, 4) is 11.5 Å². The smallest absolute Gasteiger partial charge is 0.332 e. The molecule has 0 saturated carbocycles. The van der Waals surface area contributed by atoms with E-state index in [1.165, 1.54) is 49.1 Å². The number of furan rings is 1. The van der Waals surface area contributed by atoms with E-state index in [0.717, 1.165) is 4.57 Å². The Morgan fingerprint density at radius 1 is 1.09 bits per heavy atom. The number of nitrogens with one attached hydrogen (secondary N) is 2. The van der Waals surface area contributed by atoms with Crippen molar-refractivity contribution in [1.82, 2.24) is 24.4 Å². The molecule has 32 heavy (non-hydrogen) atoms. The number of fused-ring (bicyclic) bond motifs is 1. The molecule has 11 nitrogen and oxygen atoms in total. The zero-order valence-electron chi connectivity index (χ0n) is 17.3. The topological polar surface area (TPSA) is 141 Å². The van der Waals surface area contributed by atoms with Crippen LogP contribution in [0.3, 0.4) is 0 Å². The zero-order valence-corrected chi connectivity index (χ0v) is 18.1. The quantitative estimate of drug-likeness (QED) is 0.462. The molecule has 0 spiro atoms. The van der Waals surface area contributed by atoms with Crippen LogP contribution in [0, 0.1) is 0 Å². The summed E-state index contributed by atoms with van der Waals surface area (Å²) in [5.74, 6) is 0.374. The highest BCUT2D eigenvalue weighted by Gasteiger charge is 2.16. The molecule has 0 fully saturated rings. The Morgan fingerprint density at radius 2 is 1.88 bits per heavy atom. The Labute approximate surface area is 184 Å². The monoisotopic (exact) mass is 454 g/mol. The minimum atomic E-state index is -0.535. The van der Waals surface area contributed by atoms with Gasteiger partial charge < -0.3 is 9.73 Å². The van der Waals surface area contributed by atoms with Crippen LogP contribution in [0.1, 0.15) is 23.2 Å². The molecule has 164 valence electrons. The molecular weight excluding hydrogens is 436 g/mol. The van der Waals surface area contributed by atoms with Crippen LogP contribution < -0.4 is 21.9 Å². The molecule has 4 heterocycles. The van der Waals surface area contributed by atoms with Crippen LogP contribution in [0.2, 0.25) is 0 Å². The van der Waals surface area contributed by atoms with Gasteiger partial charge in [0.2, 0.25) is 5.91 Å². The lowest BCUT2D eigenvalue weighted by molar-refractivity contribution is -0.119. The number of pyridine rings is 1. The lowest BCUT2D eigenvalue weighted by atomic mass is 10.2. The summed E-state index contributed by atoms with van der Waals surface area (Å²) in [7, 11) is 2.86. The third-order valence-electron chi connectivity index (χ3n) is 4.68. The minimum Gasteiger partial charge on any atom is -0.458 e. The van der Waals surface area contributed by atoms with Crippen LogP contribution >= 0.6 is 11.3 Å². The number of anilines is 1. The van der Waals surface area contributed by atoms with Crippen molar-refractivity contribution < 1.29 is 14.0 Å². The Hall–Kier alpha value is -4.06. The number of aromatic nitrogens is 4. The van der Waals surface area contributed by atoms with E-state index < -0.39 is 17.2 Å². The minimum absolute atomic E-state index is 0.0353. The van der Waals surface area contributed by atoms with Gasteiger partial charge >= 0.3 is 5.69 Å². The average molecular weight is 454 g/mol. The molecule has 0 atom stereocenters.